The number of amides is 2. The second-order valence-electron chi connectivity index (χ2n) is 7.11. The summed E-state index contributed by atoms with van der Waals surface area (Å²) in [7, 11) is 0. The number of anilines is 1. The van der Waals surface area contributed by atoms with Gasteiger partial charge in [0.1, 0.15) is 6.04 Å². The highest BCUT2D eigenvalue weighted by atomic mass is 32.1. The zero-order chi connectivity index (χ0) is 21.3. The molecule has 1 saturated heterocycles. The molecule has 3 heterocycles. The van der Waals surface area contributed by atoms with Crippen molar-refractivity contribution in [2.75, 3.05) is 11.9 Å². The third-order valence-corrected chi connectivity index (χ3v) is 5.88. The maximum absolute atomic E-state index is 13.1. The van der Waals surface area contributed by atoms with Crippen LogP contribution in [-0.2, 0) is 9.59 Å². The molecule has 0 aliphatic carbocycles. The van der Waals surface area contributed by atoms with Gasteiger partial charge in [-0.25, -0.2) is 9.67 Å². The maximum atomic E-state index is 13.1. The number of nitrogens with zero attached hydrogens (tertiary/aromatic N) is 4. The second kappa shape index (κ2) is 8.19. The molecule has 1 fully saturated rings. The van der Waals surface area contributed by atoms with Crippen LogP contribution in [0.4, 0.5) is 5.13 Å². The number of aromatic nitrogens is 3. The lowest BCUT2D eigenvalue weighted by atomic mass is 10.1. The van der Waals surface area contributed by atoms with Crippen molar-refractivity contribution < 1.29 is 14.4 Å². The third kappa shape index (κ3) is 3.63. The molecule has 3 aromatic rings. The lowest BCUT2D eigenvalue weighted by molar-refractivity contribution is -0.132. The molecule has 30 heavy (non-hydrogen) atoms. The van der Waals surface area contributed by atoms with E-state index in [1.165, 1.54) is 16.2 Å². The van der Waals surface area contributed by atoms with Crippen LogP contribution in [0.1, 0.15) is 34.6 Å². The van der Waals surface area contributed by atoms with E-state index in [9.17, 15) is 14.4 Å². The Bertz CT molecular complexity index is 1090. The minimum atomic E-state index is -0.685. The Hall–Kier alpha value is -3.33. The molecule has 1 aliphatic rings. The number of rotatable bonds is 5. The van der Waals surface area contributed by atoms with Gasteiger partial charge in [-0.1, -0.05) is 18.2 Å². The van der Waals surface area contributed by atoms with Gasteiger partial charge in [0.15, 0.2) is 5.13 Å². The number of aryl methyl sites for hydroxylation is 1. The number of nitrogens with one attached hydrogen (secondary N) is 1. The highest BCUT2D eigenvalue weighted by Crippen LogP contribution is 2.24. The number of carbonyl (C=O) groups excluding carboxylic acids is 3. The van der Waals surface area contributed by atoms with Gasteiger partial charge in [0.2, 0.25) is 5.91 Å². The van der Waals surface area contributed by atoms with Crippen molar-refractivity contribution in [2.24, 2.45) is 0 Å². The van der Waals surface area contributed by atoms with Crippen molar-refractivity contribution in [3.8, 4) is 5.69 Å². The number of carbonyl (C=O) groups is 3. The molecule has 1 aliphatic heterocycles. The Morgan fingerprint density at radius 3 is 2.63 bits per heavy atom. The molecule has 0 radical (unpaired) electrons. The number of hydrogen-bond acceptors (Lipinski definition) is 6. The van der Waals surface area contributed by atoms with Crippen LogP contribution < -0.4 is 5.32 Å². The summed E-state index contributed by atoms with van der Waals surface area (Å²) in [6.45, 7) is 3.85. The third-order valence-electron chi connectivity index (χ3n) is 5.19. The van der Waals surface area contributed by atoms with E-state index in [2.05, 4.69) is 15.4 Å². The standard InChI is InChI=1S/C21H21N5O3S/c1-13-17(14(2)26(24-13)15-7-4-3-5-8-15)18(27)20(29)25-11-6-9-16(25)19(28)23-21-22-10-12-30-21/h3-5,7-8,10,12,16H,6,9,11H2,1-2H3,(H,22,23,28). The van der Waals surface area contributed by atoms with E-state index < -0.39 is 17.7 Å². The van der Waals surface area contributed by atoms with Crippen molar-refractivity contribution in [1.29, 1.82) is 0 Å². The average Bonchev–Trinajstić information content (AvgIpc) is 3.48. The fourth-order valence-electron chi connectivity index (χ4n) is 3.79. The first kappa shape index (κ1) is 20.0. The topological polar surface area (TPSA) is 97.2 Å². The molecule has 1 N–H and O–H groups in total. The first-order valence-electron chi connectivity index (χ1n) is 9.64. The first-order chi connectivity index (χ1) is 14.5. The fourth-order valence-corrected chi connectivity index (χ4v) is 4.32. The monoisotopic (exact) mass is 423 g/mol. The Labute approximate surface area is 177 Å². The molecule has 2 aromatic heterocycles. The number of benzene rings is 1. The Balaban J connectivity index is 1.57. The van der Waals surface area contributed by atoms with Gasteiger partial charge in [-0.2, -0.15) is 5.10 Å². The molecule has 0 bridgehead atoms. The molecule has 1 aromatic carbocycles. The normalized spacial score (nSPS) is 15.9. The van der Waals surface area contributed by atoms with Crippen molar-refractivity contribution >= 4 is 34.1 Å². The van der Waals surface area contributed by atoms with Gasteiger partial charge in [0, 0.05) is 18.1 Å². The molecule has 1 unspecified atom stereocenters. The van der Waals surface area contributed by atoms with Crippen LogP contribution in [0.15, 0.2) is 41.9 Å². The Morgan fingerprint density at radius 2 is 1.93 bits per heavy atom. The molecule has 1 atom stereocenters. The summed E-state index contributed by atoms with van der Waals surface area (Å²) >= 11 is 1.30. The average molecular weight is 423 g/mol. The summed E-state index contributed by atoms with van der Waals surface area (Å²) in [4.78, 5) is 44.2. The number of Topliss-reactive ketones (excluding diaryl/α,β-unsaturated/α-hetero) is 1. The highest BCUT2D eigenvalue weighted by Gasteiger charge is 2.38. The lowest BCUT2D eigenvalue weighted by Crippen LogP contribution is -2.46. The second-order valence-corrected chi connectivity index (χ2v) is 8.00. The SMILES string of the molecule is Cc1nn(-c2ccccc2)c(C)c1C(=O)C(=O)N1CCCC1C(=O)Nc1nccs1. The minimum Gasteiger partial charge on any atom is -0.324 e. The molecule has 4 rings (SSSR count). The Kier molecular flexibility index (Phi) is 5.45. The number of thiazole rings is 1. The van der Waals surface area contributed by atoms with Crippen molar-refractivity contribution in [2.45, 2.75) is 32.7 Å². The molecule has 9 heteroatoms. The summed E-state index contributed by atoms with van der Waals surface area (Å²) in [5.41, 5.74) is 2.18. The highest BCUT2D eigenvalue weighted by molar-refractivity contribution is 7.13. The van der Waals surface area contributed by atoms with E-state index in [1.54, 1.807) is 30.1 Å². The summed E-state index contributed by atoms with van der Waals surface area (Å²) in [5.74, 6) is -1.64. The number of likely N-dealkylation sites (tertiary alicyclic amines) is 1. The van der Waals surface area contributed by atoms with E-state index in [1.807, 2.05) is 30.3 Å². The van der Waals surface area contributed by atoms with E-state index in [0.29, 0.717) is 35.9 Å². The van der Waals surface area contributed by atoms with Gasteiger partial charge in [-0.15, -0.1) is 11.3 Å². The van der Waals surface area contributed by atoms with Crippen LogP contribution in [0, 0.1) is 13.8 Å². The molecule has 0 saturated carbocycles. The van der Waals surface area contributed by atoms with Gasteiger partial charge < -0.3 is 10.2 Å². The summed E-state index contributed by atoms with van der Waals surface area (Å²) < 4.78 is 1.66. The maximum Gasteiger partial charge on any atom is 0.295 e. The first-order valence-corrected chi connectivity index (χ1v) is 10.5. The lowest BCUT2D eigenvalue weighted by Gasteiger charge is -2.22. The summed E-state index contributed by atoms with van der Waals surface area (Å²) in [6, 6.07) is 8.75. The zero-order valence-corrected chi connectivity index (χ0v) is 17.5. The van der Waals surface area contributed by atoms with Crippen molar-refractivity contribution in [3.05, 3.63) is 58.9 Å². The van der Waals surface area contributed by atoms with Gasteiger partial charge in [0.25, 0.3) is 11.7 Å². The molecular formula is C21H21N5O3S. The van der Waals surface area contributed by atoms with Crippen LogP contribution in [0.5, 0.6) is 0 Å². The van der Waals surface area contributed by atoms with Gasteiger partial charge >= 0.3 is 0 Å². The quantitative estimate of drug-likeness (QED) is 0.503. The molecule has 0 spiro atoms. The molecule has 154 valence electrons. The van der Waals surface area contributed by atoms with Crippen LogP contribution in [0.25, 0.3) is 5.69 Å². The van der Waals surface area contributed by atoms with Crippen molar-refractivity contribution in [1.82, 2.24) is 19.7 Å². The van der Waals surface area contributed by atoms with Crippen molar-refractivity contribution in [3.63, 3.8) is 0 Å². The predicted molar refractivity (Wildman–Crippen MR) is 113 cm³/mol. The van der Waals surface area contributed by atoms with Crippen LogP contribution in [0.3, 0.4) is 0 Å². The predicted octanol–water partition coefficient (Wildman–Crippen LogP) is 2.76. The van der Waals surface area contributed by atoms with E-state index in [-0.39, 0.29) is 11.5 Å². The minimum absolute atomic E-state index is 0.287. The van der Waals surface area contributed by atoms with Crippen LogP contribution >= 0.6 is 11.3 Å². The van der Waals surface area contributed by atoms with Crippen LogP contribution in [-0.4, -0.2) is 49.8 Å². The summed E-state index contributed by atoms with van der Waals surface area (Å²) in [6.07, 6.45) is 2.77. The zero-order valence-electron chi connectivity index (χ0n) is 16.7. The van der Waals surface area contributed by atoms with E-state index in [4.69, 9.17) is 0 Å². The number of hydrogen-bond donors (Lipinski definition) is 1. The van der Waals surface area contributed by atoms with Gasteiger partial charge in [-0.05, 0) is 38.8 Å². The van der Waals surface area contributed by atoms with E-state index in [0.717, 1.165) is 5.69 Å². The van der Waals surface area contributed by atoms with Gasteiger partial charge in [0.05, 0.1) is 22.6 Å². The molecule has 8 nitrogen and oxygen atoms in total. The molecule has 2 amide bonds. The fraction of sp³-hybridized carbons (Fsp3) is 0.286. The molecular weight excluding hydrogens is 402 g/mol. The van der Waals surface area contributed by atoms with Crippen LogP contribution in [0.2, 0.25) is 0 Å². The number of para-hydroxylation sites is 1. The summed E-state index contributed by atoms with van der Waals surface area (Å²) in [5, 5.41) is 9.41. The number of ketones is 1. The largest absolute Gasteiger partial charge is 0.324 e. The Morgan fingerprint density at radius 1 is 1.17 bits per heavy atom. The smallest absolute Gasteiger partial charge is 0.295 e. The van der Waals surface area contributed by atoms with E-state index >= 15 is 0 Å². The van der Waals surface area contributed by atoms with Gasteiger partial charge in [-0.3, -0.25) is 14.4 Å².